The fourth-order valence-electron chi connectivity index (χ4n) is 5.11. The van der Waals surface area contributed by atoms with E-state index in [9.17, 15) is 4.79 Å². The summed E-state index contributed by atoms with van der Waals surface area (Å²) in [5.74, 6) is 0.293. The number of hydrogen-bond acceptors (Lipinski definition) is 5. The van der Waals surface area contributed by atoms with Crippen LogP contribution in [0.25, 0.3) is 5.69 Å². The van der Waals surface area contributed by atoms with Gasteiger partial charge >= 0.3 is 0 Å². The summed E-state index contributed by atoms with van der Waals surface area (Å²) in [6, 6.07) is 9.99. The molecule has 2 aromatic rings. The molecule has 1 aromatic carbocycles. The smallest absolute Gasteiger partial charge is 0.273 e. The second-order valence-electron chi connectivity index (χ2n) is 8.91. The first-order valence-corrected chi connectivity index (χ1v) is 11.4. The zero-order chi connectivity index (χ0) is 20.4. The van der Waals surface area contributed by atoms with Gasteiger partial charge < -0.3 is 10.1 Å². The Kier molecular flexibility index (Phi) is 5.56. The molecule has 0 bridgehead atoms. The van der Waals surface area contributed by atoms with Crippen molar-refractivity contribution < 1.29 is 9.53 Å². The molecule has 0 spiro atoms. The molecular weight excluding hydrogens is 378 g/mol. The van der Waals surface area contributed by atoms with Crippen LogP contribution < -0.4 is 5.32 Å². The molecule has 7 heteroatoms. The van der Waals surface area contributed by atoms with Crippen molar-refractivity contribution >= 4 is 5.91 Å². The molecule has 3 fully saturated rings. The number of amides is 1. The molecule has 5 rings (SSSR count). The van der Waals surface area contributed by atoms with Gasteiger partial charge in [0.15, 0.2) is 5.69 Å². The van der Waals surface area contributed by atoms with Gasteiger partial charge in [0.25, 0.3) is 5.91 Å². The Morgan fingerprint density at radius 1 is 1.10 bits per heavy atom. The second-order valence-corrected chi connectivity index (χ2v) is 8.91. The monoisotopic (exact) mass is 409 g/mol. The second kappa shape index (κ2) is 8.47. The predicted octanol–water partition coefficient (Wildman–Crippen LogP) is 2.91. The average molecular weight is 410 g/mol. The first-order valence-electron chi connectivity index (χ1n) is 11.4. The third kappa shape index (κ3) is 3.88. The number of aromatic nitrogens is 3. The minimum atomic E-state index is -0.0858. The largest absolute Gasteiger partial charge is 0.379 e. The average Bonchev–Trinajstić information content (AvgIpc) is 3.56. The Balaban J connectivity index is 1.35. The molecule has 2 saturated carbocycles. The zero-order valence-corrected chi connectivity index (χ0v) is 17.6. The number of morpholine rings is 1. The van der Waals surface area contributed by atoms with Crippen molar-refractivity contribution in [3.8, 4) is 5.69 Å². The van der Waals surface area contributed by atoms with Gasteiger partial charge in [0.05, 0.1) is 24.6 Å². The van der Waals surface area contributed by atoms with Crippen LogP contribution in [-0.2, 0) is 4.74 Å². The molecule has 0 atom stereocenters. The van der Waals surface area contributed by atoms with E-state index in [1.54, 1.807) is 0 Å². The lowest BCUT2D eigenvalue weighted by molar-refractivity contribution is -0.0361. The highest BCUT2D eigenvalue weighted by Crippen LogP contribution is 2.42. The summed E-state index contributed by atoms with van der Waals surface area (Å²) in [6.45, 7) is 4.15. The van der Waals surface area contributed by atoms with Gasteiger partial charge in [-0.3, -0.25) is 9.69 Å². The molecule has 160 valence electrons. The SMILES string of the molecule is O=C(NCC1(N2CCOCC2)CCCCC1)c1nnn(-c2ccccc2)c1C1CC1. The zero-order valence-electron chi connectivity index (χ0n) is 17.6. The van der Waals surface area contributed by atoms with Crippen LogP contribution in [0, 0.1) is 0 Å². The fraction of sp³-hybridized carbons (Fsp3) is 0.609. The van der Waals surface area contributed by atoms with Crippen LogP contribution in [0.5, 0.6) is 0 Å². The van der Waals surface area contributed by atoms with Gasteiger partial charge in [0.1, 0.15) is 0 Å². The van der Waals surface area contributed by atoms with Crippen LogP contribution in [-0.4, -0.2) is 64.2 Å². The van der Waals surface area contributed by atoms with Crippen molar-refractivity contribution in [2.24, 2.45) is 0 Å². The quantitative estimate of drug-likeness (QED) is 0.794. The number of nitrogens with one attached hydrogen (secondary N) is 1. The number of benzene rings is 1. The highest BCUT2D eigenvalue weighted by Gasteiger charge is 2.40. The Morgan fingerprint density at radius 3 is 2.53 bits per heavy atom. The van der Waals surface area contributed by atoms with E-state index in [1.807, 2.05) is 35.0 Å². The van der Waals surface area contributed by atoms with Crippen LogP contribution in [0.3, 0.4) is 0 Å². The molecule has 2 heterocycles. The summed E-state index contributed by atoms with van der Waals surface area (Å²) < 4.78 is 7.43. The van der Waals surface area contributed by atoms with Gasteiger partial charge in [-0.05, 0) is 37.8 Å². The minimum absolute atomic E-state index is 0.0485. The predicted molar refractivity (Wildman–Crippen MR) is 114 cm³/mol. The third-order valence-corrected chi connectivity index (χ3v) is 6.93. The summed E-state index contributed by atoms with van der Waals surface area (Å²) in [5.41, 5.74) is 2.47. The van der Waals surface area contributed by atoms with E-state index in [0.29, 0.717) is 18.2 Å². The van der Waals surface area contributed by atoms with E-state index >= 15 is 0 Å². The molecule has 1 aliphatic heterocycles. The van der Waals surface area contributed by atoms with Gasteiger partial charge in [0.2, 0.25) is 0 Å². The molecule has 3 aliphatic rings. The van der Waals surface area contributed by atoms with E-state index < -0.39 is 0 Å². The van der Waals surface area contributed by atoms with Crippen molar-refractivity contribution in [1.82, 2.24) is 25.2 Å². The van der Waals surface area contributed by atoms with Crippen molar-refractivity contribution in [1.29, 1.82) is 0 Å². The van der Waals surface area contributed by atoms with E-state index in [0.717, 1.165) is 63.4 Å². The minimum Gasteiger partial charge on any atom is -0.379 e. The summed E-state index contributed by atoms with van der Waals surface area (Å²) in [5, 5.41) is 11.9. The molecule has 1 aromatic heterocycles. The van der Waals surface area contributed by atoms with Crippen LogP contribution in [0.15, 0.2) is 30.3 Å². The van der Waals surface area contributed by atoms with Gasteiger partial charge in [-0.2, -0.15) is 0 Å². The number of para-hydroxylation sites is 1. The topological polar surface area (TPSA) is 72.3 Å². The molecular formula is C23H31N5O2. The number of rotatable bonds is 6. The van der Waals surface area contributed by atoms with Crippen molar-refractivity contribution in [3.63, 3.8) is 0 Å². The maximum Gasteiger partial charge on any atom is 0.273 e. The summed E-state index contributed by atoms with van der Waals surface area (Å²) in [7, 11) is 0. The Morgan fingerprint density at radius 2 is 1.83 bits per heavy atom. The molecule has 0 radical (unpaired) electrons. The fourth-order valence-corrected chi connectivity index (χ4v) is 5.11. The van der Waals surface area contributed by atoms with Gasteiger partial charge in [-0.15, -0.1) is 5.10 Å². The number of nitrogens with zero attached hydrogens (tertiary/aromatic N) is 4. The molecule has 2 aliphatic carbocycles. The van der Waals surface area contributed by atoms with E-state index in [2.05, 4.69) is 20.5 Å². The highest BCUT2D eigenvalue weighted by atomic mass is 16.5. The van der Waals surface area contributed by atoms with Crippen LogP contribution in [0.2, 0.25) is 0 Å². The molecule has 0 unspecified atom stereocenters. The standard InChI is InChI=1S/C23H31N5O2/c29-22(24-17-23(11-5-2-6-12-23)27-13-15-30-16-14-27)20-21(18-9-10-18)28(26-25-20)19-7-3-1-4-8-19/h1,3-4,7-8,18H,2,5-6,9-17H2,(H,24,29). The first-order chi connectivity index (χ1) is 14.8. The van der Waals surface area contributed by atoms with E-state index in [-0.39, 0.29) is 11.4 Å². The molecule has 1 N–H and O–H groups in total. The number of carbonyl (C=O) groups excluding carboxylic acids is 1. The first kappa shape index (κ1) is 19.7. The van der Waals surface area contributed by atoms with Crippen LogP contribution in [0.4, 0.5) is 0 Å². The van der Waals surface area contributed by atoms with Crippen molar-refractivity contribution in [3.05, 3.63) is 41.7 Å². The van der Waals surface area contributed by atoms with Crippen LogP contribution >= 0.6 is 0 Å². The Bertz CT molecular complexity index is 865. The maximum absolute atomic E-state index is 13.2. The van der Waals surface area contributed by atoms with Gasteiger partial charge in [-0.25, -0.2) is 4.68 Å². The molecule has 30 heavy (non-hydrogen) atoms. The summed E-state index contributed by atoms with van der Waals surface area (Å²) in [6.07, 6.45) is 8.21. The number of carbonyl (C=O) groups is 1. The van der Waals surface area contributed by atoms with Gasteiger partial charge in [0, 0.05) is 31.1 Å². The van der Waals surface area contributed by atoms with E-state index in [1.165, 1.54) is 19.3 Å². The van der Waals surface area contributed by atoms with Crippen LogP contribution in [0.1, 0.15) is 67.0 Å². The summed E-state index contributed by atoms with van der Waals surface area (Å²) >= 11 is 0. The molecule has 1 saturated heterocycles. The summed E-state index contributed by atoms with van der Waals surface area (Å²) in [4.78, 5) is 15.8. The Labute approximate surface area is 177 Å². The lowest BCUT2D eigenvalue weighted by Crippen LogP contribution is -2.59. The Hall–Kier alpha value is -2.25. The lowest BCUT2D eigenvalue weighted by atomic mass is 9.79. The highest BCUT2D eigenvalue weighted by molar-refractivity contribution is 5.93. The third-order valence-electron chi connectivity index (χ3n) is 6.93. The maximum atomic E-state index is 13.2. The number of hydrogen-bond donors (Lipinski definition) is 1. The molecule has 7 nitrogen and oxygen atoms in total. The lowest BCUT2D eigenvalue weighted by Gasteiger charge is -2.48. The van der Waals surface area contributed by atoms with Crippen molar-refractivity contribution in [2.75, 3.05) is 32.8 Å². The number of ether oxygens (including phenoxy) is 1. The van der Waals surface area contributed by atoms with Gasteiger partial charge in [-0.1, -0.05) is 42.7 Å². The van der Waals surface area contributed by atoms with E-state index in [4.69, 9.17) is 4.74 Å². The van der Waals surface area contributed by atoms with Crippen molar-refractivity contribution in [2.45, 2.75) is 56.4 Å². The molecule has 1 amide bonds. The normalized spacial score (nSPS) is 22.0.